The van der Waals surface area contributed by atoms with E-state index in [4.69, 9.17) is 26.8 Å². The van der Waals surface area contributed by atoms with E-state index in [0.29, 0.717) is 11.6 Å². The van der Waals surface area contributed by atoms with Gasteiger partial charge in [0.05, 0.1) is 7.11 Å². The molecule has 1 aliphatic heterocycles. The molecule has 0 radical (unpaired) electrons. The fourth-order valence-electron chi connectivity index (χ4n) is 5.27. The minimum atomic E-state index is 0.389. The van der Waals surface area contributed by atoms with Crippen molar-refractivity contribution >= 4 is 28.5 Å². The number of anilines is 1. The zero-order chi connectivity index (χ0) is 26.1. The highest BCUT2D eigenvalue weighted by Gasteiger charge is 2.29. The van der Waals surface area contributed by atoms with Crippen LogP contribution in [-0.4, -0.2) is 26.3 Å². The summed E-state index contributed by atoms with van der Waals surface area (Å²) in [5.41, 5.74) is 7.65. The Labute approximate surface area is 227 Å². The molecule has 6 rings (SSSR count). The highest BCUT2D eigenvalue weighted by atomic mass is 32.1. The summed E-state index contributed by atoms with van der Waals surface area (Å²) < 4.78 is 15.9. The Balaban J connectivity index is 1.50. The molecule has 2 aromatic heterocycles. The van der Waals surface area contributed by atoms with Crippen LogP contribution in [0.2, 0.25) is 0 Å². The second-order valence-corrected chi connectivity index (χ2v) is 10.0. The second kappa shape index (κ2) is 10.3. The molecule has 0 saturated carbocycles. The summed E-state index contributed by atoms with van der Waals surface area (Å²) in [5, 5.41) is 8.59. The van der Waals surface area contributed by atoms with Gasteiger partial charge in [-0.05, 0) is 73.7 Å². The van der Waals surface area contributed by atoms with Crippen LogP contribution >= 0.6 is 12.2 Å². The van der Waals surface area contributed by atoms with Crippen molar-refractivity contribution in [2.45, 2.75) is 39.3 Å². The first-order valence-corrected chi connectivity index (χ1v) is 13.4. The molecule has 0 saturated heterocycles. The topological polar surface area (TPSA) is 52.7 Å². The summed E-state index contributed by atoms with van der Waals surface area (Å²) in [6.07, 6.45) is 3.14. The van der Waals surface area contributed by atoms with Crippen molar-refractivity contribution in [3.63, 3.8) is 0 Å². The van der Waals surface area contributed by atoms with E-state index in [1.165, 1.54) is 11.1 Å². The van der Waals surface area contributed by atoms with Crippen LogP contribution in [0.4, 0.5) is 5.69 Å². The van der Waals surface area contributed by atoms with Gasteiger partial charge in [0, 0.05) is 23.4 Å². The molecule has 192 valence electrons. The van der Waals surface area contributed by atoms with Crippen LogP contribution < -0.4 is 14.8 Å². The van der Waals surface area contributed by atoms with Gasteiger partial charge in [0.1, 0.15) is 34.4 Å². The number of ether oxygens (including phenoxy) is 2. The van der Waals surface area contributed by atoms with Gasteiger partial charge < -0.3 is 19.4 Å². The zero-order valence-electron chi connectivity index (χ0n) is 21.6. The molecule has 3 heterocycles. The molecule has 0 bridgehead atoms. The molecule has 0 unspecified atom stereocenters. The molecule has 1 N–H and O–H groups in total. The molecule has 0 spiro atoms. The Morgan fingerprint density at radius 1 is 0.974 bits per heavy atom. The van der Waals surface area contributed by atoms with Gasteiger partial charge in [-0.2, -0.15) is 0 Å². The number of para-hydroxylation sites is 1. The summed E-state index contributed by atoms with van der Waals surface area (Å²) in [5.74, 6) is 2.55. The largest absolute Gasteiger partial charge is 0.497 e. The summed E-state index contributed by atoms with van der Waals surface area (Å²) >= 11 is 6.08. The maximum absolute atomic E-state index is 6.13. The lowest BCUT2D eigenvalue weighted by Crippen LogP contribution is -2.15. The number of hydrogen-bond acceptors (Lipinski definition) is 4. The zero-order valence-corrected chi connectivity index (χ0v) is 22.4. The average Bonchev–Trinajstić information content (AvgIpc) is 3.34. The summed E-state index contributed by atoms with van der Waals surface area (Å²) in [6, 6.07) is 26.4. The van der Waals surface area contributed by atoms with Gasteiger partial charge in [-0.3, -0.25) is 0 Å². The minimum Gasteiger partial charge on any atom is -0.497 e. The molecule has 38 heavy (non-hydrogen) atoms. The number of aromatic nitrogens is 3. The van der Waals surface area contributed by atoms with E-state index in [-0.39, 0.29) is 0 Å². The fraction of sp³-hybridized carbons (Fsp3) is 0.226. The molecule has 6 nitrogen and oxygen atoms in total. The van der Waals surface area contributed by atoms with Crippen LogP contribution in [0, 0.1) is 6.92 Å². The van der Waals surface area contributed by atoms with Crippen molar-refractivity contribution in [2.24, 2.45) is 0 Å². The van der Waals surface area contributed by atoms with Crippen molar-refractivity contribution in [1.29, 1.82) is 0 Å². The van der Waals surface area contributed by atoms with E-state index < -0.39 is 0 Å². The Morgan fingerprint density at radius 3 is 2.55 bits per heavy atom. The molecular weight excluding hydrogens is 492 g/mol. The van der Waals surface area contributed by atoms with Crippen LogP contribution in [0.15, 0.2) is 78.9 Å². The Kier molecular flexibility index (Phi) is 6.60. The molecule has 7 heteroatoms. The first-order valence-electron chi connectivity index (χ1n) is 13.0. The number of aryl methyl sites for hydroxylation is 3. The summed E-state index contributed by atoms with van der Waals surface area (Å²) in [6.45, 7) is 3.37. The van der Waals surface area contributed by atoms with Crippen molar-refractivity contribution in [3.8, 4) is 22.6 Å². The van der Waals surface area contributed by atoms with Crippen molar-refractivity contribution in [1.82, 2.24) is 14.2 Å². The van der Waals surface area contributed by atoms with Gasteiger partial charge in [-0.1, -0.05) is 54.7 Å². The van der Waals surface area contributed by atoms with Gasteiger partial charge in [-0.15, -0.1) is 5.10 Å². The first kappa shape index (κ1) is 24.2. The quantitative estimate of drug-likeness (QED) is 0.238. The fourth-order valence-corrected chi connectivity index (χ4v) is 5.57. The van der Waals surface area contributed by atoms with Gasteiger partial charge in [0.2, 0.25) is 0 Å². The van der Waals surface area contributed by atoms with E-state index in [0.717, 1.165) is 71.3 Å². The summed E-state index contributed by atoms with van der Waals surface area (Å²) in [7, 11) is 1.69. The molecule has 0 fully saturated rings. The number of nitrogens with zero attached hydrogens (tertiary/aromatic N) is 3. The number of hydrogen-bond donors (Lipinski definition) is 1. The van der Waals surface area contributed by atoms with E-state index in [1.807, 2.05) is 59.1 Å². The van der Waals surface area contributed by atoms with Gasteiger partial charge in [0.15, 0.2) is 5.82 Å². The monoisotopic (exact) mass is 522 g/mol. The number of nitrogens with one attached hydrogen (secondary N) is 1. The third-order valence-corrected chi connectivity index (χ3v) is 7.34. The van der Waals surface area contributed by atoms with Crippen molar-refractivity contribution in [3.05, 3.63) is 102 Å². The SMILES string of the molecule is COc1ccc(-c2c3c4n(c(COc5ccccc5)nn4c2C(=S)Nc2cccc(C)c2)CCCC3)cc1. The van der Waals surface area contributed by atoms with Crippen molar-refractivity contribution in [2.75, 3.05) is 12.4 Å². The lowest BCUT2D eigenvalue weighted by Gasteiger charge is -2.12. The predicted molar refractivity (Wildman–Crippen MR) is 155 cm³/mol. The van der Waals surface area contributed by atoms with E-state index in [2.05, 4.69) is 41.1 Å². The van der Waals surface area contributed by atoms with E-state index >= 15 is 0 Å². The number of thiocarbonyl (C=S) groups is 1. The smallest absolute Gasteiger partial charge is 0.169 e. The number of rotatable bonds is 7. The van der Waals surface area contributed by atoms with E-state index in [9.17, 15) is 0 Å². The average molecular weight is 523 g/mol. The molecule has 0 aliphatic carbocycles. The lowest BCUT2D eigenvalue weighted by molar-refractivity contribution is 0.288. The first-order chi connectivity index (χ1) is 18.6. The summed E-state index contributed by atoms with van der Waals surface area (Å²) in [4.78, 5) is 0.642. The predicted octanol–water partition coefficient (Wildman–Crippen LogP) is 6.82. The Morgan fingerprint density at radius 2 is 1.79 bits per heavy atom. The minimum absolute atomic E-state index is 0.389. The maximum Gasteiger partial charge on any atom is 0.169 e. The molecule has 0 atom stereocenters. The Hall–Kier alpha value is -4.10. The van der Waals surface area contributed by atoms with Gasteiger partial charge in [0.25, 0.3) is 0 Å². The highest BCUT2D eigenvalue weighted by molar-refractivity contribution is 7.81. The standard InChI is InChI=1S/C31H30N4O2S/c1-21-9-8-10-23(19-21)32-30(38)29-28(22-14-16-24(36-2)17-15-22)26-13-6-7-18-34-27(33-35(29)31(26)34)20-37-25-11-4-3-5-12-25/h3-5,8-12,14-17,19H,6-7,13,18,20H2,1-2H3,(H,32,38). The third-order valence-electron chi connectivity index (χ3n) is 7.04. The van der Waals surface area contributed by atoms with Gasteiger partial charge in [-0.25, -0.2) is 4.52 Å². The Bertz CT molecular complexity index is 1600. The number of benzene rings is 3. The van der Waals surface area contributed by atoms with Crippen molar-refractivity contribution < 1.29 is 9.47 Å². The maximum atomic E-state index is 6.13. The molecule has 5 aromatic rings. The second-order valence-electron chi connectivity index (χ2n) is 9.62. The molecular formula is C31H30N4O2S. The van der Waals surface area contributed by atoms with Crippen LogP contribution in [0.25, 0.3) is 16.8 Å². The molecule has 1 aliphatic rings. The number of methoxy groups -OCH3 is 1. The highest BCUT2D eigenvalue weighted by Crippen LogP contribution is 2.38. The van der Waals surface area contributed by atoms with E-state index in [1.54, 1.807) is 7.11 Å². The van der Waals surface area contributed by atoms with Crippen LogP contribution in [0.1, 0.15) is 35.5 Å². The lowest BCUT2D eigenvalue weighted by atomic mass is 9.98. The molecule has 0 amide bonds. The van der Waals surface area contributed by atoms with Crippen LogP contribution in [0.3, 0.4) is 0 Å². The molecule has 3 aromatic carbocycles. The van der Waals surface area contributed by atoms with Gasteiger partial charge >= 0.3 is 0 Å². The van der Waals surface area contributed by atoms with Crippen LogP contribution in [-0.2, 0) is 19.6 Å². The third kappa shape index (κ3) is 4.54. The normalized spacial score (nSPS) is 12.8. The van der Waals surface area contributed by atoms with Crippen LogP contribution in [0.5, 0.6) is 11.5 Å².